The molecule has 0 bridgehead atoms. The minimum absolute atomic E-state index is 0.554. The lowest BCUT2D eigenvalue weighted by Crippen LogP contribution is -2.43. The van der Waals surface area contributed by atoms with Crippen LogP contribution < -0.4 is 9.62 Å². The van der Waals surface area contributed by atoms with Crippen molar-refractivity contribution >= 4 is 17.8 Å². The Morgan fingerprint density at radius 2 is 2.47 bits per heavy atom. The summed E-state index contributed by atoms with van der Waals surface area (Å²) in [6.45, 7) is 2.07. The van der Waals surface area contributed by atoms with Crippen molar-refractivity contribution in [1.82, 2.24) is 9.71 Å². The van der Waals surface area contributed by atoms with Gasteiger partial charge < -0.3 is 4.90 Å². The van der Waals surface area contributed by atoms with Gasteiger partial charge in [-0.25, -0.2) is 4.98 Å². The number of piperidine rings is 1. The number of nitrogens with one attached hydrogen (secondary N) is 1. The zero-order valence-corrected chi connectivity index (χ0v) is 10.3. The molecule has 0 saturated carbocycles. The van der Waals surface area contributed by atoms with E-state index < -0.39 is 0 Å². The molecule has 1 saturated heterocycles. The zero-order valence-electron chi connectivity index (χ0n) is 9.52. The van der Waals surface area contributed by atoms with E-state index >= 15 is 0 Å². The zero-order chi connectivity index (χ0) is 11.7. The number of hydrogen-bond donors (Lipinski definition) is 1. The summed E-state index contributed by atoms with van der Waals surface area (Å²) in [7, 11) is 0. The highest BCUT2D eigenvalue weighted by Gasteiger charge is 2.28. The fourth-order valence-corrected chi connectivity index (χ4v) is 3.37. The first-order valence-electron chi connectivity index (χ1n) is 5.95. The Bertz CT molecular complexity index is 468. The van der Waals surface area contributed by atoms with E-state index in [1.807, 2.05) is 6.07 Å². The summed E-state index contributed by atoms with van der Waals surface area (Å²) in [5.74, 6) is 1.05. The Labute approximate surface area is 105 Å². The van der Waals surface area contributed by atoms with E-state index in [0.717, 1.165) is 23.8 Å². The van der Waals surface area contributed by atoms with Crippen molar-refractivity contribution in [3.05, 3.63) is 17.8 Å². The molecule has 3 heterocycles. The molecule has 0 aliphatic carbocycles. The van der Waals surface area contributed by atoms with Crippen LogP contribution in [0.4, 0.5) is 5.82 Å². The van der Waals surface area contributed by atoms with E-state index in [-0.39, 0.29) is 0 Å². The highest BCUT2D eigenvalue weighted by atomic mass is 32.2. The van der Waals surface area contributed by atoms with Crippen LogP contribution in [0.3, 0.4) is 0 Å². The molecule has 0 aromatic carbocycles. The predicted octanol–water partition coefficient (Wildman–Crippen LogP) is 1.92. The molecule has 1 fully saturated rings. The number of aromatic nitrogens is 1. The number of pyridine rings is 1. The lowest BCUT2D eigenvalue weighted by Gasteiger charge is -2.35. The van der Waals surface area contributed by atoms with E-state index in [4.69, 9.17) is 5.26 Å². The quantitative estimate of drug-likeness (QED) is 0.709. The van der Waals surface area contributed by atoms with Crippen molar-refractivity contribution in [3.8, 4) is 6.07 Å². The van der Waals surface area contributed by atoms with Crippen LogP contribution in [0.2, 0.25) is 0 Å². The third-order valence-electron chi connectivity index (χ3n) is 3.36. The van der Waals surface area contributed by atoms with Crippen molar-refractivity contribution in [2.45, 2.75) is 30.2 Å². The topological polar surface area (TPSA) is 52.0 Å². The normalized spacial score (nSPS) is 23.2. The van der Waals surface area contributed by atoms with Crippen LogP contribution in [-0.2, 0) is 0 Å². The summed E-state index contributed by atoms with van der Waals surface area (Å²) in [6, 6.07) is 4.63. The Morgan fingerprint density at radius 3 is 3.35 bits per heavy atom. The summed E-state index contributed by atoms with van der Waals surface area (Å²) < 4.78 is 3.38. The van der Waals surface area contributed by atoms with Crippen molar-refractivity contribution < 1.29 is 0 Å². The number of hydrogen-bond acceptors (Lipinski definition) is 5. The third kappa shape index (κ3) is 1.99. The van der Waals surface area contributed by atoms with Crippen molar-refractivity contribution in [2.24, 2.45) is 0 Å². The average molecular weight is 246 g/mol. The van der Waals surface area contributed by atoms with E-state index in [2.05, 4.69) is 20.7 Å². The van der Waals surface area contributed by atoms with Gasteiger partial charge in [0.1, 0.15) is 11.9 Å². The fourth-order valence-electron chi connectivity index (χ4n) is 2.50. The van der Waals surface area contributed by atoms with E-state index in [0.29, 0.717) is 11.6 Å². The molecule has 0 radical (unpaired) electrons. The Hall–Kier alpha value is -1.25. The molecule has 1 N–H and O–H groups in total. The maximum Gasteiger partial charge on any atom is 0.143 e. The maximum atomic E-state index is 8.91. The molecular formula is C12H14N4S. The first-order valence-corrected chi connectivity index (χ1v) is 6.76. The van der Waals surface area contributed by atoms with Crippen LogP contribution >= 0.6 is 11.9 Å². The third-order valence-corrected chi connectivity index (χ3v) is 4.19. The molecule has 88 valence electrons. The summed E-state index contributed by atoms with van der Waals surface area (Å²) in [5, 5.41) is 8.91. The first-order chi connectivity index (χ1) is 8.38. The van der Waals surface area contributed by atoms with Gasteiger partial charge in [-0.15, -0.1) is 0 Å². The molecule has 1 aromatic rings. The van der Waals surface area contributed by atoms with Crippen LogP contribution in [0.1, 0.15) is 24.8 Å². The molecule has 17 heavy (non-hydrogen) atoms. The summed E-state index contributed by atoms with van der Waals surface area (Å²) in [5.41, 5.74) is 0.633. The highest BCUT2D eigenvalue weighted by Crippen LogP contribution is 2.34. The molecule has 0 spiro atoms. The summed E-state index contributed by atoms with van der Waals surface area (Å²) >= 11 is 1.60. The van der Waals surface area contributed by atoms with Crippen molar-refractivity contribution in [2.75, 3.05) is 18.0 Å². The second kappa shape index (κ2) is 4.55. The Morgan fingerprint density at radius 1 is 1.53 bits per heavy atom. The second-order valence-electron chi connectivity index (χ2n) is 4.45. The van der Waals surface area contributed by atoms with Gasteiger partial charge in [-0.1, -0.05) is 0 Å². The molecule has 2 aliphatic rings. The van der Waals surface area contributed by atoms with Crippen molar-refractivity contribution in [1.29, 1.82) is 5.26 Å². The minimum Gasteiger partial charge on any atom is -0.351 e. The van der Waals surface area contributed by atoms with Gasteiger partial charge in [-0.05, 0) is 37.3 Å². The van der Waals surface area contributed by atoms with E-state index in [9.17, 15) is 0 Å². The Balaban J connectivity index is 2.01. The molecule has 0 amide bonds. The lowest BCUT2D eigenvalue weighted by atomic mass is 10.0. The molecular weight excluding hydrogens is 232 g/mol. The van der Waals surface area contributed by atoms with Gasteiger partial charge in [-0.3, -0.25) is 4.72 Å². The molecule has 4 nitrogen and oxygen atoms in total. The van der Waals surface area contributed by atoms with Gasteiger partial charge in [0.15, 0.2) is 0 Å². The largest absolute Gasteiger partial charge is 0.351 e. The molecule has 0 unspecified atom stereocenters. The van der Waals surface area contributed by atoms with Crippen LogP contribution in [0.15, 0.2) is 17.2 Å². The van der Waals surface area contributed by atoms with Gasteiger partial charge in [-0.2, -0.15) is 5.26 Å². The molecule has 3 rings (SSSR count). The molecule has 2 aliphatic heterocycles. The first kappa shape index (κ1) is 10.9. The predicted molar refractivity (Wildman–Crippen MR) is 67.8 cm³/mol. The molecule has 5 heteroatoms. The van der Waals surface area contributed by atoms with Crippen LogP contribution in [0.25, 0.3) is 0 Å². The standard InChI is InChI=1S/C12H14N4S/c13-6-9-5-11-12(14-7-9)16-4-2-1-3-10(16)8-15-17-11/h5,7,10,15H,1-4,8H2/t10-/m0/s1. The smallest absolute Gasteiger partial charge is 0.143 e. The summed E-state index contributed by atoms with van der Waals surface area (Å²) in [4.78, 5) is 7.95. The highest BCUT2D eigenvalue weighted by molar-refractivity contribution is 7.97. The van der Waals surface area contributed by atoms with E-state index in [1.54, 1.807) is 18.1 Å². The van der Waals surface area contributed by atoms with Crippen LogP contribution in [0, 0.1) is 11.3 Å². The molecule has 1 atom stereocenters. The lowest BCUT2D eigenvalue weighted by molar-refractivity contribution is 0.456. The van der Waals surface area contributed by atoms with Gasteiger partial charge in [0, 0.05) is 25.3 Å². The number of nitriles is 1. The van der Waals surface area contributed by atoms with Gasteiger partial charge in [0.2, 0.25) is 0 Å². The molecule has 1 aromatic heterocycles. The maximum absolute atomic E-state index is 8.91. The van der Waals surface area contributed by atoms with Gasteiger partial charge in [0.05, 0.1) is 10.5 Å². The van der Waals surface area contributed by atoms with Crippen LogP contribution in [0.5, 0.6) is 0 Å². The second-order valence-corrected chi connectivity index (χ2v) is 5.38. The monoisotopic (exact) mass is 246 g/mol. The van der Waals surface area contributed by atoms with Gasteiger partial charge >= 0.3 is 0 Å². The number of anilines is 1. The number of rotatable bonds is 0. The van der Waals surface area contributed by atoms with E-state index in [1.165, 1.54) is 19.3 Å². The Kier molecular flexibility index (Phi) is 2.91. The average Bonchev–Trinajstić information content (AvgIpc) is 2.57. The number of nitrogens with zero attached hydrogens (tertiary/aromatic N) is 3. The number of fused-ring (bicyclic) bond motifs is 3. The minimum atomic E-state index is 0.554. The van der Waals surface area contributed by atoms with Crippen molar-refractivity contribution in [3.63, 3.8) is 0 Å². The summed E-state index contributed by atoms with van der Waals surface area (Å²) in [6.07, 6.45) is 5.45. The van der Waals surface area contributed by atoms with Gasteiger partial charge in [0.25, 0.3) is 0 Å². The van der Waals surface area contributed by atoms with Crippen LogP contribution in [-0.4, -0.2) is 24.1 Å². The fraction of sp³-hybridized carbons (Fsp3) is 0.500. The SMILES string of the molecule is N#Cc1cnc2c(c1)SNC[C@@H]1CCCCN21.